The Kier molecular flexibility index (Phi) is 2.71. The summed E-state index contributed by atoms with van der Waals surface area (Å²) in [6, 6.07) is 13.6. The molecule has 0 fully saturated rings. The molecule has 0 atom stereocenters. The van der Waals surface area contributed by atoms with Crippen molar-refractivity contribution >= 4 is 11.6 Å². The number of rotatable bonds is 3. The summed E-state index contributed by atoms with van der Waals surface area (Å²) < 4.78 is 0. The lowest BCUT2D eigenvalue weighted by molar-refractivity contribution is 1.09. The van der Waals surface area contributed by atoms with Crippen LogP contribution in [0.2, 0.25) is 0 Å². The second-order valence-electron chi connectivity index (χ2n) is 3.74. The minimum atomic E-state index is 0.542. The molecule has 0 spiro atoms. The highest BCUT2D eigenvalue weighted by Crippen LogP contribution is 2.16. The molecule has 5 heteroatoms. The summed E-state index contributed by atoms with van der Waals surface area (Å²) in [5.74, 6) is 1.24. The quantitative estimate of drug-likeness (QED) is 0.734. The summed E-state index contributed by atoms with van der Waals surface area (Å²) >= 11 is 0. The molecule has 2 heterocycles. The first kappa shape index (κ1) is 10.5. The molecule has 0 saturated heterocycles. The summed E-state index contributed by atoms with van der Waals surface area (Å²) in [5.41, 5.74) is 1.86. The van der Waals surface area contributed by atoms with E-state index in [2.05, 4.69) is 25.5 Å². The number of aromatic nitrogens is 4. The minimum Gasteiger partial charge on any atom is -0.323 e. The summed E-state index contributed by atoms with van der Waals surface area (Å²) in [7, 11) is 0. The van der Waals surface area contributed by atoms with Crippen molar-refractivity contribution in [2.24, 2.45) is 0 Å². The monoisotopic (exact) mass is 237 g/mol. The molecule has 2 N–H and O–H groups in total. The van der Waals surface area contributed by atoms with Gasteiger partial charge in [0.2, 0.25) is 5.95 Å². The SMILES string of the molecule is c1ccc(Nc2n[nH]c(-c3cccnc3)n2)cc1. The normalized spacial score (nSPS) is 10.2. The molecule has 2 aromatic heterocycles. The average Bonchev–Trinajstić information content (AvgIpc) is 2.89. The van der Waals surface area contributed by atoms with Crippen molar-refractivity contribution in [3.05, 3.63) is 54.9 Å². The van der Waals surface area contributed by atoms with Gasteiger partial charge in [0.15, 0.2) is 5.82 Å². The van der Waals surface area contributed by atoms with Crippen LogP contribution in [0, 0.1) is 0 Å². The van der Waals surface area contributed by atoms with Gasteiger partial charge in [0.25, 0.3) is 0 Å². The highest BCUT2D eigenvalue weighted by atomic mass is 15.3. The zero-order valence-electron chi connectivity index (χ0n) is 9.54. The fourth-order valence-electron chi connectivity index (χ4n) is 1.60. The van der Waals surface area contributed by atoms with Gasteiger partial charge in [-0.1, -0.05) is 18.2 Å². The minimum absolute atomic E-state index is 0.542. The lowest BCUT2D eigenvalue weighted by Gasteiger charge is -1.99. The Hall–Kier alpha value is -2.69. The van der Waals surface area contributed by atoms with E-state index in [-0.39, 0.29) is 0 Å². The predicted molar refractivity (Wildman–Crippen MR) is 69.3 cm³/mol. The lowest BCUT2D eigenvalue weighted by Crippen LogP contribution is -1.91. The first-order valence-electron chi connectivity index (χ1n) is 5.57. The Balaban J connectivity index is 1.82. The molecule has 0 radical (unpaired) electrons. The third-order valence-electron chi connectivity index (χ3n) is 2.45. The summed E-state index contributed by atoms with van der Waals surface area (Å²) in [6.07, 6.45) is 3.47. The molecule has 1 aromatic carbocycles. The highest BCUT2D eigenvalue weighted by Gasteiger charge is 2.05. The van der Waals surface area contributed by atoms with Crippen LogP contribution in [0.15, 0.2) is 54.9 Å². The van der Waals surface area contributed by atoms with Crippen molar-refractivity contribution in [3.63, 3.8) is 0 Å². The number of aromatic amines is 1. The summed E-state index contributed by atoms with van der Waals surface area (Å²) in [5, 5.41) is 10.1. The highest BCUT2D eigenvalue weighted by molar-refractivity contribution is 5.58. The third kappa shape index (κ3) is 2.20. The van der Waals surface area contributed by atoms with Crippen molar-refractivity contribution in [2.45, 2.75) is 0 Å². The van der Waals surface area contributed by atoms with Crippen molar-refractivity contribution < 1.29 is 0 Å². The number of hydrogen-bond acceptors (Lipinski definition) is 4. The molecule has 0 aliphatic rings. The van der Waals surface area contributed by atoms with Crippen LogP contribution in [0.4, 0.5) is 11.6 Å². The molecule has 3 aromatic rings. The molecule has 0 amide bonds. The van der Waals surface area contributed by atoms with E-state index in [9.17, 15) is 0 Å². The molecule has 18 heavy (non-hydrogen) atoms. The molecule has 0 saturated carbocycles. The fraction of sp³-hybridized carbons (Fsp3) is 0. The number of hydrogen-bond donors (Lipinski definition) is 2. The van der Waals surface area contributed by atoms with Crippen molar-refractivity contribution in [1.29, 1.82) is 0 Å². The third-order valence-corrected chi connectivity index (χ3v) is 2.45. The van der Waals surface area contributed by atoms with Crippen LogP contribution in [0.5, 0.6) is 0 Å². The number of pyridine rings is 1. The van der Waals surface area contributed by atoms with E-state index in [1.807, 2.05) is 42.5 Å². The number of H-pyrrole nitrogens is 1. The van der Waals surface area contributed by atoms with E-state index in [1.54, 1.807) is 12.4 Å². The molecule has 3 rings (SSSR count). The first-order chi connectivity index (χ1) is 8.92. The molecule has 0 aliphatic carbocycles. The van der Waals surface area contributed by atoms with E-state index in [0.29, 0.717) is 11.8 Å². The summed E-state index contributed by atoms with van der Waals surface area (Å²) in [6.45, 7) is 0. The molecule has 0 bridgehead atoms. The molecule has 88 valence electrons. The number of anilines is 2. The Bertz CT molecular complexity index is 618. The second kappa shape index (κ2) is 4.67. The zero-order valence-corrected chi connectivity index (χ0v) is 9.54. The second-order valence-corrected chi connectivity index (χ2v) is 3.74. The van der Waals surface area contributed by atoms with Crippen molar-refractivity contribution in [2.75, 3.05) is 5.32 Å². The van der Waals surface area contributed by atoms with Gasteiger partial charge in [0.1, 0.15) is 0 Å². The average molecular weight is 237 g/mol. The molecular weight excluding hydrogens is 226 g/mol. The van der Waals surface area contributed by atoms with Crippen LogP contribution in [0.3, 0.4) is 0 Å². The number of benzene rings is 1. The maximum Gasteiger partial charge on any atom is 0.246 e. The standard InChI is InChI=1S/C13H11N5/c1-2-6-11(7-3-1)15-13-16-12(17-18-13)10-5-4-8-14-9-10/h1-9H,(H2,15,16,17,18). The zero-order chi connectivity index (χ0) is 12.2. The van der Waals surface area contributed by atoms with Gasteiger partial charge in [-0.3, -0.25) is 10.1 Å². The van der Waals surface area contributed by atoms with Gasteiger partial charge in [0, 0.05) is 23.6 Å². The predicted octanol–water partition coefficient (Wildman–Crippen LogP) is 2.61. The Morgan fingerprint density at radius 1 is 1.00 bits per heavy atom. The maximum atomic E-state index is 4.36. The van der Waals surface area contributed by atoms with E-state index in [1.165, 1.54) is 0 Å². The van der Waals surface area contributed by atoms with E-state index in [0.717, 1.165) is 11.3 Å². The fourth-order valence-corrected chi connectivity index (χ4v) is 1.60. The smallest absolute Gasteiger partial charge is 0.246 e. The van der Waals surface area contributed by atoms with Crippen LogP contribution in [-0.2, 0) is 0 Å². The van der Waals surface area contributed by atoms with Gasteiger partial charge >= 0.3 is 0 Å². The van der Waals surface area contributed by atoms with Crippen LogP contribution in [0.1, 0.15) is 0 Å². The Morgan fingerprint density at radius 3 is 2.67 bits per heavy atom. The molecule has 0 aliphatic heterocycles. The lowest BCUT2D eigenvalue weighted by atomic mass is 10.3. The van der Waals surface area contributed by atoms with Gasteiger partial charge in [-0.2, -0.15) is 4.98 Å². The molecular formula is C13H11N5. The van der Waals surface area contributed by atoms with Crippen molar-refractivity contribution in [1.82, 2.24) is 20.2 Å². The van der Waals surface area contributed by atoms with Gasteiger partial charge in [-0.15, -0.1) is 5.10 Å². The Morgan fingerprint density at radius 2 is 1.89 bits per heavy atom. The van der Waals surface area contributed by atoms with E-state index in [4.69, 9.17) is 0 Å². The van der Waals surface area contributed by atoms with Crippen LogP contribution < -0.4 is 5.32 Å². The molecule has 0 unspecified atom stereocenters. The maximum absolute atomic E-state index is 4.36. The van der Waals surface area contributed by atoms with E-state index < -0.39 is 0 Å². The number of para-hydroxylation sites is 1. The largest absolute Gasteiger partial charge is 0.323 e. The summed E-state index contributed by atoms with van der Waals surface area (Å²) in [4.78, 5) is 8.40. The van der Waals surface area contributed by atoms with Crippen molar-refractivity contribution in [3.8, 4) is 11.4 Å². The van der Waals surface area contributed by atoms with Crippen LogP contribution in [-0.4, -0.2) is 20.2 Å². The van der Waals surface area contributed by atoms with Gasteiger partial charge < -0.3 is 5.32 Å². The topological polar surface area (TPSA) is 66.5 Å². The van der Waals surface area contributed by atoms with Crippen LogP contribution >= 0.6 is 0 Å². The van der Waals surface area contributed by atoms with Crippen LogP contribution in [0.25, 0.3) is 11.4 Å². The Labute approximate surface area is 104 Å². The van der Waals surface area contributed by atoms with E-state index >= 15 is 0 Å². The van der Waals surface area contributed by atoms with Gasteiger partial charge in [-0.05, 0) is 24.3 Å². The molecule has 5 nitrogen and oxygen atoms in total. The van der Waals surface area contributed by atoms with Gasteiger partial charge in [0.05, 0.1) is 0 Å². The number of nitrogens with zero attached hydrogens (tertiary/aromatic N) is 3. The first-order valence-corrected chi connectivity index (χ1v) is 5.57. The number of nitrogens with one attached hydrogen (secondary N) is 2. The van der Waals surface area contributed by atoms with Gasteiger partial charge in [-0.25, -0.2) is 0 Å².